The minimum atomic E-state index is 0.669. The summed E-state index contributed by atoms with van der Waals surface area (Å²) in [6.07, 6.45) is 2.03. The molecule has 0 amide bonds. The maximum atomic E-state index is 6.04. The molecule has 1 N–H and O–H groups in total. The lowest BCUT2D eigenvalue weighted by Gasteiger charge is -2.05. The number of hydrogen-bond donors (Lipinski definition) is 1. The molecule has 108 valence electrons. The van der Waals surface area contributed by atoms with Gasteiger partial charge in [0.05, 0.1) is 12.7 Å². The Morgan fingerprint density at radius 2 is 2.15 bits per heavy atom. The van der Waals surface area contributed by atoms with E-state index >= 15 is 0 Å². The highest BCUT2D eigenvalue weighted by atomic mass is 35.5. The average Bonchev–Trinajstić information content (AvgIpc) is 2.92. The zero-order valence-corrected chi connectivity index (χ0v) is 13.2. The Labute approximate surface area is 128 Å². The quantitative estimate of drug-likeness (QED) is 0.796. The van der Waals surface area contributed by atoms with E-state index in [2.05, 4.69) is 22.4 Å². The molecule has 0 aliphatic rings. The second kappa shape index (κ2) is 7.57. The first-order valence-corrected chi connectivity index (χ1v) is 7.81. The van der Waals surface area contributed by atoms with Crippen LogP contribution in [-0.2, 0) is 6.42 Å². The van der Waals surface area contributed by atoms with E-state index < -0.39 is 0 Å². The third kappa shape index (κ3) is 3.91. The molecule has 0 saturated heterocycles. The summed E-state index contributed by atoms with van der Waals surface area (Å²) in [5.74, 6) is 0.765. The number of benzene rings is 1. The molecule has 0 aliphatic carbocycles. The molecule has 0 unspecified atom stereocenters. The van der Waals surface area contributed by atoms with Crippen molar-refractivity contribution in [2.24, 2.45) is 0 Å². The van der Waals surface area contributed by atoms with Gasteiger partial charge in [0.1, 0.15) is 10.8 Å². The first-order chi connectivity index (χ1) is 9.74. The molecule has 20 heavy (non-hydrogen) atoms. The van der Waals surface area contributed by atoms with Crippen LogP contribution in [0.15, 0.2) is 18.2 Å². The van der Waals surface area contributed by atoms with E-state index in [0.717, 1.165) is 47.3 Å². The zero-order valence-electron chi connectivity index (χ0n) is 11.6. The van der Waals surface area contributed by atoms with Gasteiger partial charge >= 0.3 is 0 Å². The average molecular weight is 312 g/mol. The second-order valence-corrected chi connectivity index (χ2v) is 5.84. The van der Waals surface area contributed by atoms with E-state index in [1.54, 1.807) is 24.5 Å². The summed E-state index contributed by atoms with van der Waals surface area (Å²) in [6.45, 7) is 4.12. The highest BCUT2D eigenvalue weighted by Gasteiger charge is 2.12. The number of halogens is 1. The normalized spacial score (nSPS) is 10.8. The van der Waals surface area contributed by atoms with Crippen LogP contribution in [0, 0.1) is 0 Å². The summed E-state index contributed by atoms with van der Waals surface area (Å²) in [5, 5.41) is 14.3. The number of aromatic nitrogens is 2. The van der Waals surface area contributed by atoms with Crippen LogP contribution in [-0.4, -0.2) is 30.4 Å². The van der Waals surface area contributed by atoms with Gasteiger partial charge in [-0.3, -0.25) is 0 Å². The SMILES string of the molecule is CCCNCCc1nnc(-c2cc(Cl)ccc2OC)s1. The minimum absolute atomic E-state index is 0.669. The molecule has 4 nitrogen and oxygen atoms in total. The Bertz CT molecular complexity index is 559. The molecule has 6 heteroatoms. The Morgan fingerprint density at radius 1 is 1.30 bits per heavy atom. The molecule has 0 radical (unpaired) electrons. The summed E-state index contributed by atoms with van der Waals surface area (Å²) in [6, 6.07) is 5.52. The van der Waals surface area contributed by atoms with Crippen LogP contribution < -0.4 is 10.1 Å². The standard InChI is InChI=1S/C14H18ClN3OS/c1-3-7-16-8-6-13-17-18-14(20-13)11-9-10(15)4-5-12(11)19-2/h4-5,9,16H,3,6-8H2,1-2H3. The molecule has 0 bridgehead atoms. The summed E-state index contributed by atoms with van der Waals surface area (Å²) >= 11 is 7.62. The highest BCUT2D eigenvalue weighted by molar-refractivity contribution is 7.14. The molecule has 0 aliphatic heterocycles. The lowest BCUT2D eigenvalue weighted by Crippen LogP contribution is -2.17. The monoisotopic (exact) mass is 311 g/mol. The van der Waals surface area contributed by atoms with Crippen molar-refractivity contribution in [3.63, 3.8) is 0 Å². The van der Waals surface area contributed by atoms with E-state index in [0.29, 0.717) is 5.02 Å². The van der Waals surface area contributed by atoms with E-state index in [4.69, 9.17) is 16.3 Å². The summed E-state index contributed by atoms with van der Waals surface area (Å²) in [7, 11) is 1.64. The van der Waals surface area contributed by atoms with Gasteiger partial charge in [0.2, 0.25) is 0 Å². The van der Waals surface area contributed by atoms with Gasteiger partial charge in [0.25, 0.3) is 0 Å². The maximum absolute atomic E-state index is 6.04. The first-order valence-electron chi connectivity index (χ1n) is 6.61. The molecule has 1 aromatic carbocycles. The van der Waals surface area contributed by atoms with Crippen molar-refractivity contribution in [1.29, 1.82) is 0 Å². The number of rotatable bonds is 7. The van der Waals surface area contributed by atoms with Gasteiger partial charge in [-0.15, -0.1) is 10.2 Å². The van der Waals surface area contributed by atoms with Gasteiger partial charge in [-0.25, -0.2) is 0 Å². The van der Waals surface area contributed by atoms with Gasteiger partial charge in [0, 0.05) is 18.0 Å². The van der Waals surface area contributed by atoms with Crippen molar-refractivity contribution < 1.29 is 4.74 Å². The molecular weight excluding hydrogens is 294 g/mol. The van der Waals surface area contributed by atoms with Crippen LogP contribution in [0.4, 0.5) is 0 Å². The fourth-order valence-electron chi connectivity index (χ4n) is 1.81. The number of hydrogen-bond acceptors (Lipinski definition) is 5. The Kier molecular flexibility index (Phi) is 5.76. The second-order valence-electron chi connectivity index (χ2n) is 4.35. The number of nitrogens with one attached hydrogen (secondary N) is 1. The van der Waals surface area contributed by atoms with E-state index in [1.807, 2.05) is 12.1 Å². The van der Waals surface area contributed by atoms with Crippen LogP contribution in [0.3, 0.4) is 0 Å². The van der Waals surface area contributed by atoms with Crippen LogP contribution in [0.2, 0.25) is 5.02 Å². The molecular formula is C14H18ClN3OS. The third-order valence-electron chi connectivity index (χ3n) is 2.80. The molecule has 0 fully saturated rings. The topological polar surface area (TPSA) is 47.0 Å². The van der Waals surface area contributed by atoms with Crippen molar-refractivity contribution in [3.05, 3.63) is 28.2 Å². The van der Waals surface area contributed by atoms with Gasteiger partial charge in [-0.1, -0.05) is 29.9 Å². The van der Waals surface area contributed by atoms with E-state index in [9.17, 15) is 0 Å². The van der Waals surface area contributed by atoms with Gasteiger partial charge in [-0.2, -0.15) is 0 Å². The van der Waals surface area contributed by atoms with Gasteiger partial charge in [-0.05, 0) is 31.2 Å². The molecule has 0 saturated carbocycles. The van der Waals surface area contributed by atoms with Crippen molar-refractivity contribution in [1.82, 2.24) is 15.5 Å². The van der Waals surface area contributed by atoms with Crippen LogP contribution in [0.25, 0.3) is 10.6 Å². The largest absolute Gasteiger partial charge is 0.496 e. The van der Waals surface area contributed by atoms with Gasteiger partial charge in [0.15, 0.2) is 5.01 Å². The first kappa shape index (κ1) is 15.2. The molecule has 2 aromatic rings. The predicted molar refractivity (Wildman–Crippen MR) is 83.8 cm³/mol. The van der Waals surface area contributed by atoms with Crippen molar-refractivity contribution >= 4 is 22.9 Å². The van der Waals surface area contributed by atoms with Crippen LogP contribution >= 0.6 is 22.9 Å². The number of methoxy groups -OCH3 is 1. The summed E-state index contributed by atoms with van der Waals surface area (Å²) in [5.41, 5.74) is 0.894. The lowest BCUT2D eigenvalue weighted by atomic mass is 10.2. The fraction of sp³-hybridized carbons (Fsp3) is 0.429. The zero-order chi connectivity index (χ0) is 14.4. The summed E-state index contributed by atoms with van der Waals surface area (Å²) < 4.78 is 5.34. The van der Waals surface area contributed by atoms with E-state index in [1.165, 1.54) is 0 Å². The van der Waals surface area contributed by atoms with Crippen LogP contribution in [0.1, 0.15) is 18.4 Å². The van der Waals surface area contributed by atoms with Crippen molar-refractivity contribution in [2.75, 3.05) is 20.2 Å². The van der Waals surface area contributed by atoms with Crippen LogP contribution in [0.5, 0.6) is 5.75 Å². The van der Waals surface area contributed by atoms with Crippen molar-refractivity contribution in [2.45, 2.75) is 19.8 Å². The van der Waals surface area contributed by atoms with E-state index in [-0.39, 0.29) is 0 Å². The van der Waals surface area contributed by atoms with Gasteiger partial charge < -0.3 is 10.1 Å². The molecule has 1 aromatic heterocycles. The Hall–Kier alpha value is -1.17. The third-order valence-corrected chi connectivity index (χ3v) is 4.05. The Balaban J connectivity index is 2.10. The maximum Gasteiger partial charge on any atom is 0.151 e. The predicted octanol–water partition coefficient (Wildman–Crippen LogP) is 3.41. The molecule has 0 atom stereocenters. The molecule has 1 heterocycles. The minimum Gasteiger partial charge on any atom is -0.496 e. The van der Waals surface area contributed by atoms with Crippen molar-refractivity contribution in [3.8, 4) is 16.3 Å². The molecule has 2 rings (SSSR count). The number of ether oxygens (including phenoxy) is 1. The summed E-state index contributed by atoms with van der Waals surface area (Å²) in [4.78, 5) is 0. The number of nitrogens with zero attached hydrogens (tertiary/aromatic N) is 2. The fourth-order valence-corrected chi connectivity index (χ4v) is 2.84. The smallest absolute Gasteiger partial charge is 0.151 e. The lowest BCUT2D eigenvalue weighted by molar-refractivity contribution is 0.416. The Morgan fingerprint density at radius 3 is 2.90 bits per heavy atom. The molecule has 0 spiro atoms. The highest BCUT2D eigenvalue weighted by Crippen LogP contribution is 2.34.